The normalized spacial score (nSPS) is 17.7. The lowest BCUT2D eigenvalue weighted by Crippen LogP contribution is -2.47. The summed E-state index contributed by atoms with van der Waals surface area (Å²) in [6.45, 7) is 4.12. The van der Waals surface area contributed by atoms with Gasteiger partial charge in [0.25, 0.3) is 5.56 Å². The highest BCUT2D eigenvalue weighted by Crippen LogP contribution is 2.41. The number of nitrogens with two attached hydrogens (primary N) is 1. The van der Waals surface area contributed by atoms with Gasteiger partial charge in [0.2, 0.25) is 5.60 Å². The second-order valence-corrected chi connectivity index (χ2v) is 9.97. The second kappa shape index (κ2) is 10.00. The van der Waals surface area contributed by atoms with Gasteiger partial charge in [-0.05, 0) is 37.1 Å². The summed E-state index contributed by atoms with van der Waals surface area (Å²) < 4.78 is 12.9. The van der Waals surface area contributed by atoms with Crippen LogP contribution in [0, 0.1) is 0 Å². The fourth-order valence-electron chi connectivity index (χ4n) is 5.48. The molecule has 2 aromatic heterocycles. The van der Waals surface area contributed by atoms with Crippen molar-refractivity contribution in [2.75, 3.05) is 5.73 Å². The molecule has 4 heterocycles. The Morgan fingerprint density at radius 2 is 1.92 bits per heavy atom. The Balaban J connectivity index is 1.50. The van der Waals surface area contributed by atoms with Crippen LogP contribution in [0.4, 0.5) is 5.69 Å². The molecule has 1 atom stereocenters. The van der Waals surface area contributed by atoms with E-state index < -0.39 is 17.5 Å². The molecule has 2 aliphatic rings. The SMILES string of the molecule is CCCCCCCCC(=O)O[C@]1(CC)C(=O)OCc2c1cc1n(c2=O)Cc2cc3c(N)cccc3nc2-1. The van der Waals surface area contributed by atoms with Crippen molar-refractivity contribution in [3.8, 4) is 11.4 Å². The number of benzene rings is 1. The first-order valence-corrected chi connectivity index (χ1v) is 13.2. The fourth-order valence-corrected chi connectivity index (χ4v) is 5.48. The largest absolute Gasteiger partial charge is 0.457 e. The maximum absolute atomic E-state index is 13.6. The molecule has 0 bridgehead atoms. The molecule has 8 nitrogen and oxygen atoms in total. The summed E-state index contributed by atoms with van der Waals surface area (Å²) in [6, 6.07) is 9.29. The van der Waals surface area contributed by atoms with Gasteiger partial charge in [0.15, 0.2) is 0 Å². The van der Waals surface area contributed by atoms with Crippen LogP contribution in [-0.4, -0.2) is 21.5 Å². The Morgan fingerprint density at radius 1 is 1.14 bits per heavy atom. The van der Waals surface area contributed by atoms with Gasteiger partial charge in [-0.1, -0.05) is 52.0 Å². The smallest absolute Gasteiger partial charge is 0.355 e. The van der Waals surface area contributed by atoms with Crippen molar-refractivity contribution in [2.45, 2.75) is 84.0 Å². The molecule has 2 N–H and O–H groups in total. The summed E-state index contributed by atoms with van der Waals surface area (Å²) in [7, 11) is 0. The van der Waals surface area contributed by atoms with Crippen molar-refractivity contribution in [1.29, 1.82) is 0 Å². The maximum atomic E-state index is 13.6. The molecule has 1 aromatic carbocycles. The Bertz CT molecular complexity index is 1440. The highest BCUT2D eigenvalue weighted by molar-refractivity contribution is 5.93. The minimum Gasteiger partial charge on any atom is -0.457 e. The Kier molecular flexibility index (Phi) is 6.75. The van der Waals surface area contributed by atoms with Gasteiger partial charge in [-0.2, -0.15) is 0 Å². The van der Waals surface area contributed by atoms with Crippen LogP contribution >= 0.6 is 0 Å². The zero-order valence-corrected chi connectivity index (χ0v) is 21.5. The van der Waals surface area contributed by atoms with Crippen LogP contribution in [0.3, 0.4) is 0 Å². The van der Waals surface area contributed by atoms with Gasteiger partial charge in [-0.3, -0.25) is 9.59 Å². The minimum absolute atomic E-state index is 0.150. The maximum Gasteiger partial charge on any atom is 0.355 e. The average Bonchev–Trinajstić information content (AvgIpc) is 3.25. The van der Waals surface area contributed by atoms with Crippen LogP contribution in [0.25, 0.3) is 22.3 Å². The lowest BCUT2D eigenvalue weighted by atomic mass is 9.85. The number of nitrogens with zero attached hydrogens (tertiary/aromatic N) is 2. The first-order chi connectivity index (χ1) is 17.9. The summed E-state index contributed by atoms with van der Waals surface area (Å²) in [5.74, 6) is -1.09. The Morgan fingerprint density at radius 3 is 2.70 bits per heavy atom. The second-order valence-electron chi connectivity index (χ2n) is 9.97. The number of hydrogen-bond acceptors (Lipinski definition) is 7. The van der Waals surface area contributed by atoms with Gasteiger partial charge in [-0.25, -0.2) is 9.78 Å². The van der Waals surface area contributed by atoms with Gasteiger partial charge in [0, 0.05) is 28.6 Å². The number of carbonyl (C=O) groups excluding carboxylic acids is 2. The van der Waals surface area contributed by atoms with Crippen LogP contribution in [0.15, 0.2) is 35.1 Å². The van der Waals surface area contributed by atoms with Gasteiger partial charge < -0.3 is 19.8 Å². The number of fused-ring (bicyclic) bond motifs is 5. The number of anilines is 1. The van der Waals surface area contributed by atoms with E-state index in [9.17, 15) is 14.4 Å². The van der Waals surface area contributed by atoms with Crippen molar-refractivity contribution in [3.05, 3.63) is 57.4 Å². The quantitative estimate of drug-likeness (QED) is 0.195. The van der Waals surface area contributed by atoms with E-state index in [1.807, 2.05) is 24.3 Å². The summed E-state index contributed by atoms with van der Waals surface area (Å²) in [4.78, 5) is 44.4. The molecule has 0 saturated heterocycles. The molecule has 0 amide bonds. The first-order valence-electron chi connectivity index (χ1n) is 13.2. The number of ether oxygens (including phenoxy) is 2. The monoisotopic (exact) mass is 503 g/mol. The molecule has 0 radical (unpaired) electrons. The molecular formula is C29H33N3O5. The van der Waals surface area contributed by atoms with E-state index in [0.29, 0.717) is 41.2 Å². The molecule has 0 fully saturated rings. The van der Waals surface area contributed by atoms with Gasteiger partial charge in [0.1, 0.15) is 6.61 Å². The molecule has 0 aliphatic carbocycles. The van der Waals surface area contributed by atoms with Gasteiger partial charge in [0.05, 0.1) is 29.0 Å². The minimum atomic E-state index is -1.65. The lowest BCUT2D eigenvalue weighted by molar-refractivity contribution is -0.189. The van der Waals surface area contributed by atoms with Crippen molar-refractivity contribution in [2.24, 2.45) is 0 Å². The van der Waals surface area contributed by atoms with Crippen LogP contribution in [0.2, 0.25) is 0 Å². The number of esters is 2. The Hall–Kier alpha value is -3.68. The molecule has 5 rings (SSSR count). The molecule has 3 aromatic rings. The number of carbonyl (C=O) groups is 2. The van der Waals surface area contributed by atoms with Crippen molar-refractivity contribution < 1.29 is 19.1 Å². The topological polar surface area (TPSA) is 114 Å². The highest BCUT2D eigenvalue weighted by atomic mass is 16.6. The van der Waals surface area contributed by atoms with Gasteiger partial charge >= 0.3 is 11.9 Å². The zero-order chi connectivity index (χ0) is 26.2. The molecule has 0 spiro atoms. The Labute approximate surface area is 215 Å². The summed E-state index contributed by atoms with van der Waals surface area (Å²) >= 11 is 0. The molecule has 0 unspecified atom stereocenters. The third kappa shape index (κ3) is 4.28. The number of rotatable bonds is 9. The molecule has 2 aliphatic heterocycles. The standard InChI is InChI=1S/C29H33N3O5/c1-3-5-6-7-8-9-13-25(33)37-29(4-2)21-15-24-26-18(14-19-22(30)11-10-12-23(19)31-26)16-32(24)27(34)20(21)17-36-28(29)35/h10-12,14-15H,3-9,13,16-17,30H2,1-2H3/t29-/m0/s1. The van der Waals surface area contributed by atoms with Crippen LogP contribution in [-0.2, 0) is 37.8 Å². The molecule has 37 heavy (non-hydrogen) atoms. The molecule has 0 saturated carbocycles. The zero-order valence-electron chi connectivity index (χ0n) is 21.5. The van der Waals surface area contributed by atoms with Gasteiger partial charge in [-0.15, -0.1) is 0 Å². The van der Waals surface area contributed by atoms with Crippen molar-refractivity contribution >= 4 is 28.5 Å². The van der Waals surface area contributed by atoms with Crippen molar-refractivity contribution in [3.63, 3.8) is 0 Å². The first kappa shape index (κ1) is 25.0. The van der Waals surface area contributed by atoms with E-state index in [0.717, 1.165) is 42.1 Å². The number of nitrogen functional groups attached to an aromatic ring is 1. The predicted molar refractivity (Wildman–Crippen MR) is 141 cm³/mol. The van der Waals surface area contributed by atoms with E-state index in [-0.39, 0.29) is 25.0 Å². The average molecular weight is 504 g/mol. The summed E-state index contributed by atoms with van der Waals surface area (Å²) in [5, 5.41) is 0.830. The van der Waals surface area contributed by atoms with E-state index in [1.54, 1.807) is 17.6 Å². The van der Waals surface area contributed by atoms with E-state index in [4.69, 9.17) is 20.2 Å². The number of hydrogen-bond donors (Lipinski definition) is 1. The molecule has 8 heteroatoms. The van der Waals surface area contributed by atoms with Crippen LogP contribution < -0.4 is 11.3 Å². The van der Waals surface area contributed by atoms with E-state index in [2.05, 4.69) is 6.92 Å². The van der Waals surface area contributed by atoms with E-state index >= 15 is 0 Å². The summed E-state index contributed by atoms with van der Waals surface area (Å²) in [5.41, 5.74) is 8.48. The molecular weight excluding hydrogens is 470 g/mol. The van der Waals surface area contributed by atoms with Crippen LogP contribution in [0.5, 0.6) is 0 Å². The third-order valence-electron chi connectivity index (χ3n) is 7.58. The van der Waals surface area contributed by atoms with E-state index in [1.165, 1.54) is 6.42 Å². The number of unbranched alkanes of at least 4 members (excludes halogenated alkanes) is 5. The summed E-state index contributed by atoms with van der Waals surface area (Å²) in [6.07, 6.45) is 6.59. The number of cyclic esters (lactones) is 1. The highest BCUT2D eigenvalue weighted by Gasteiger charge is 2.50. The predicted octanol–water partition coefficient (Wildman–Crippen LogP) is 4.96. The van der Waals surface area contributed by atoms with Crippen molar-refractivity contribution in [1.82, 2.24) is 9.55 Å². The fraction of sp³-hybridized carbons (Fsp3) is 0.448. The number of pyridine rings is 2. The van der Waals surface area contributed by atoms with Crippen LogP contribution in [0.1, 0.15) is 81.9 Å². The lowest BCUT2D eigenvalue weighted by Gasteiger charge is -2.35. The third-order valence-corrected chi connectivity index (χ3v) is 7.58. The molecule has 194 valence electrons. The number of aromatic nitrogens is 2.